The zero-order valence-corrected chi connectivity index (χ0v) is 13.2. The normalized spacial score (nSPS) is 33.9. The van der Waals surface area contributed by atoms with Crippen LogP contribution in [-0.2, 0) is 10.8 Å². The van der Waals surface area contributed by atoms with E-state index in [1.807, 2.05) is 11.8 Å². The van der Waals surface area contributed by atoms with Gasteiger partial charge in [-0.2, -0.15) is 0 Å². The Morgan fingerprint density at radius 2 is 1.94 bits per heavy atom. The van der Waals surface area contributed by atoms with Crippen molar-refractivity contribution < 1.29 is 4.21 Å². The Balaban J connectivity index is 1.92. The fourth-order valence-corrected chi connectivity index (χ4v) is 4.61. The van der Waals surface area contributed by atoms with Crippen LogP contribution in [0.4, 0.5) is 0 Å². The van der Waals surface area contributed by atoms with Crippen LogP contribution in [0.2, 0.25) is 0 Å². The molecular formula is C13H24N2OS2. The van der Waals surface area contributed by atoms with Gasteiger partial charge in [0.1, 0.15) is 0 Å². The van der Waals surface area contributed by atoms with Crippen LogP contribution in [0.25, 0.3) is 0 Å². The van der Waals surface area contributed by atoms with E-state index in [0.29, 0.717) is 12.1 Å². The first-order valence-electron chi connectivity index (χ1n) is 6.77. The molecule has 1 saturated heterocycles. The minimum absolute atomic E-state index is 0.252. The van der Waals surface area contributed by atoms with Crippen LogP contribution in [0.15, 0.2) is 4.99 Å². The van der Waals surface area contributed by atoms with E-state index in [2.05, 4.69) is 26.1 Å². The quantitative estimate of drug-likeness (QED) is 0.805. The highest BCUT2D eigenvalue weighted by molar-refractivity contribution is 8.13. The van der Waals surface area contributed by atoms with Crippen molar-refractivity contribution in [3.05, 3.63) is 0 Å². The second-order valence-corrected chi connectivity index (χ2v) is 9.00. The second kappa shape index (κ2) is 5.95. The molecule has 104 valence electrons. The summed E-state index contributed by atoms with van der Waals surface area (Å²) in [6.07, 6.45) is 3.22. The molecule has 0 aliphatic carbocycles. The molecule has 0 spiro atoms. The van der Waals surface area contributed by atoms with Gasteiger partial charge in [-0.1, -0.05) is 32.5 Å². The van der Waals surface area contributed by atoms with Gasteiger partial charge in [-0.3, -0.25) is 9.20 Å². The van der Waals surface area contributed by atoms with Gasteiger partial charge in [0.15, 0.2) is 5.17 Å². The van der Waals surface area contributed by atoms with E-state index >= 15 is 0 Å². The van der Waals surface area contributed by atoms with Crippen molar-refractivity contribution in [1.82, 2.24) is 5.32 Å². The highest BCUT2D eigenvalue weighted by atomic mass is 32.2. The Morgan fingerprint density at radius 1 is 1.28 bits per heavy atom. The summed E-state index contributed by atoms with van der Waals surface area (Å²) < 4.78 is 11.3. The Bertz CT molecular complexity index is 339. The van der Waals surface area contributed by atoms with Crippen molar-refractivity contribution >= 4 is 27.7 Å². The van der Waals surface area contributed by atoms with Crippen LogP contribution >= 0.6 is 11.8 Å². The molecule has 0 bridgehead atoms. The van der Waals surface area contributed by atoms with Gasteiger partial charge >= 0.3 is 0 Å². The number of amidine groups is 1. The number of hydrogen-bond acceptors (Lipinski definition) is 4. The van der Waals surface area contributed by atoms with Crippen molar-refractivity contribution in [2.24, 2.45) is 10.4 Å². The first kappa shape index (κ1) is 14.4. The first-order valence-corrected chi connectivity index (χ1v) is 9.24. The van der Waals surface area contributed by atoms with Crippen LogP contribution in [0.5, 0.6) is 0 Å². The Kier molecular flexibility index (Phi) is 4.75. The average molecular weight is 288 g/mol. The lowest BCUT2D eigenvalue weighted by Gasteiger charge is -2.32. The van der Waals surface area contributed by atoms with Crippen LogP contribution < -0.4 is 5.32 Å². The molecule has 1 N–H and O–H groups in total. The third-order valence-electron chi connectivity index (χ3n) is 3.62. The number of nitrogens with zero attached hydrogens (tertiary/aromatic N) is 1. The maximum Gasteiger partial charge on any atom is 0.157 e. The summed E-state index contributed by atoms with van der Waals surface area (Å²) in [4.78, 5) is 4.86. The summed E-state index contributed by atoms with van der Waals surface area (Å²) in [7, 11) is -0.575. The third kappa shape index (κ3) is 3.98. The van der Waals surface area contributed by atoms with Gasteiger partial charge in [-0.05, 0) is 24.7 Å². The molecule has 0 aromatic rings. The van der Waals surface area contributed by atoms with E-state index in [9.17, 15) is 4.21 Å². The van der Waals surface area contributed by atoms with Crippen molar-refractivity contribution in [3.8, 4) is 0 Å². The largest absolute Gasteiger partial charge is 0.362 e. The molecule has 2 aliphatic rings. The van der Waals surface area contributed by atoms with Gasteiger partial charge < -0.3 is 5.32 Å². The zero-order valence-electron chi connectivity index (χ0n) is 11.6. The number of aliphatic imine (C=N–C) groups is 1. The fraction of sp³-hybridized carbons (Fsp3) is 0.923. The average Bonchev–Trinajstić information content (AvgIpc) is 2.31. The summed E-state index contributed by atoms with van der Waals surface area (Å²) in [5, 5.41) is 4.67. The SMILES string of the molecule is CC(C)(C)C1CCSC(NC2CCS(=O)CC2)=N1. The lowest BCUT2D eigenvalue weighted by molar-refractivity contribution is 0.315. The number of rotatable bonds is 1. The molecule has 0 radical (unpaired) electrons. The minimum atomic E-state index is -0.575. The number of nitrogens with one attached hydrogen (secondary N) is 1. The molecule has 18 heavy (non-hydrogen) atoms. The smallest absolute Gasteiger partial charge is 0.157 e. The first-order chi connectivity index (χ1) is 8.45. The summed E-state index contributed by atoms with van der Waals surface area (Å²) >= 11 is 1.84. The van der Waals surface area contributed by atoms with Crippen molar-refractivity contribution in [2.45, 2.75) is 52.1 Å². The molecule has 2 heterocycles. The van der Waals surface area contributed by atoms with E-state index in [0.717, 1.165) is 35.3 Å². The van der Waals surface area contributed by atoms with Crippen molar-refractivity contribution in [1.29, 1.82) is 0 Å². The van der Waals surface area contributed by atoms with Gasteiger partial charge in [-0.25, -0.2) is 0 Å². The van der Waals surface area contributed by atoms with Crippen molar-refractivity contribution in [2.75, 3.05) is 17.3 Å². The molecule has 0 amide bonds. The van der Waals surface area contributed by atoms with Crippen LogP contribution in [0, 0.1) is 5.41 Å². The van der Waals surface area contributed by atoms with E-state index in [1.54, 1.807) is 0 Å². The Morgan fingerprint density at radius 3 is 2.56 bits per heavy atom. The molecule has 1 fully saturated rings. The number of hydrogen-bond donors (Lipinski definition) is 1. The van der Waals surface area contributed by atoms with Gasteiger partial charge in [0.2, 0.25) is 0 Å². The third-order valence-corrected chi connectivity index (χ3v) is 5.94. The standard InChI is InChI=1S/C13H24N2OS2/c1-13(2,3)11-4-7-17-12(15-11)14-10-5-8-18(16)9-6-10/h10-11H,4-9H2,1-3H3,(H,14,15). The van der Waals surface area contributed by atoms with E-state index in [1.165, 1.54) is 6.42 Å². The molecule has 3 nitrogen and oxygen atoms in total. The zero-order chi connectivity index (χ0) is 13.2. The van der Waals surface area contributed by atoms with Gasteiger partial charge in [0, 0.05) is 34.1 Å². The second-order valence-electron chi connectivity index (χ2n) is 6.22. The van der Waals surface area contributed by atoms with E-state index in [4.69, 9.17) is 4.99 Å². The molecule has 0 aromatic heterocycles. The topological polar surface area (TPSA) is 41.5 Å². The number of thioether (sulfide) groups is 1. The van der Waals surface area contributed by atoms with E-state index in [-0.39, 0.29) is 5.41 Å². The maximum absolute atomic E-state index is 11.3. The fourth-order valence-electron chi connectivity index (χ4n) is 2.33. The summed E-state index contributed by atoms with van der Waals surface area (Å²) in [5.74, 6) is 2.85. The molecule has 1 unspecified atom stereocenters. The predicted octanol–water partition coefficient (Wildman–Crippen LogP) is 2.39. The lowest BCUT2D eigenvalue weighted by Crippen LogP contribution is -2.41. The molecule has 2 rings (SSSR count). The summed E-state index contributed by atoms with van der Waals surface area (Å²) in [6, 6.07) is 0.909. The van der Waals surface area contributed by atoms with Crippen LogP contribution in [0.1, 0.15) is 40.0 Å². The molecule has 0 aromatic carbocycles. The van der Waals surface area contributed by atoms with E-state index < -0.39 is 10.8 Å². The molecule has 2 aliphatic heterocycles. The molecule has 0 saturated carbocycles. The molecule has 1 atom stereocenters. The van der Waals surface area contributed by atoms with Gasteiger partial charge in [0.25, 0.3) is 0 Å². The highest BCUT2D eigenvalue weighted by Crippen LogP contribution is 2.30. The summed E-state index contributed by atoms with van der Waals surface area (Å²) in [5.41, 5.74) is 0.252. The van der Waals surface area contributed by atoms with Crippen LogP contribution in [-0.4, -0.2) is 38.7 Å². The molecular weight excluding hydrogens is 264 g/mol. The van der Waals surface area contributed by atoms with Gasteiger partial charge in [-0.15, -0.1) is 0 Å². The monoisotopic (exact) mass is 288 g/mol. The maximum atomic E-state index is 11.3. The summed E-state index contributed by atoms with van der Waals surface area (Å²) in [6.45, 7) is 6.79. The van der Waals surface area contributed by atoms with Gasteiger partial charge in [0.05, 0.1) is 6.04 Å². The highest BCUT2D eigenvalue weighted by Gasteiger charge is 2.28. The molecule has 5 heteroatoms. The van der Waals surface area contributed by atoms with Crippen LogP contribution in [0.3, 0.4) is 0 Å². The minimum Gasteiger partial charge on any atom is -0.362 e. The Labute approximate surface area is 117 Å². The predicted molar refractivity (Wildman–Crippen MR) is 81.8 cm³/mol. The lowest BCUT2D eigenvalue weighted by atomic mass is 9.85. The Hall–Kier alpha value is -0.0300. The van der Waals surface area contributed by atoms with Crippen molar-refractivity contribution in [3.63, 3.8) is 0 Å².